The molecule has 2 fully saturated rings. The first kappa shape index (κ1) is 21.1. The molecule has 9 heteroatoms. The van der Waals surface area contributed by atoms with Gasteiger partial charge in [-0.3, -0.25) is 4.79 Å². The lowest BCUT2D eigenvalue weighted by Crippen LogP contribution is -2.44. The van der Waals surface area contributed by atoms with Gasteiger partial charge in [-0.2, -0.15) is 0 Å². The molecule has 3 aromatic rings. The van der Waals surface area contributed by atoms with E-state index < -0.39 is 22.8 Å². The van der Waals surface area contributed by atoms with Gasteiger partial charge in [-0.1, -0.05) is 42.3 Å². The maximum absolute atomic E-state index is 15.2. The molecule has 32 heavy (non-hydrogen) atoms. The predicted octanol–water partition coefficient (Wildman–Crippen LogP) is 4.28. The number of carbonyl (C=O) groups is 1. The summed E-state index contributed by atoms with van der Waals surface area (Å²) in [6.45, 7) is 1.05. The number of H-pyrrole nitrogens is 1. The Hall–Kier alpha value is -2.78. The van der Waals surface area contributed by atoms with E-state index >= 15 is 8.78 Å². The third-order valence-electron chi connectivity index (χ3n) is 6.17. The second-order valence-corrected chi connectivity index (χ2v) is 9.62. The summed E-state index contributed by atoms with van der Waals surface area (Å²) in [5.41, 5.74) is 0.206. The van der Waals surface area contributed by atoms with Crippen LogP contribution in [0.15, 0.2) is 51.7 Å². The lowest BCUT2D eigenvalue weighted by Gasteiger charge is -2.38. The van der Waals surface area contributed by atoms with Crippen molar-refractivity contribution in [3.63, 3.8) is 0 Å². The van der Waals surface area contributed by atoms with E-state index in [0.29, 0.717) is 0 Å². The van der Waals surface area contributed by atoms with E-state index in [9.17, 15) is 9.59 Å². The molecular formula is C23H21F2N3O3S. The van der Waals surface area contributed by atoms with Crippen molar-refractivity contribution in [2.24, 2.45) is 0 Å². The number of ketones is 1. The number of benzene rings is 2. The first-order valence-electron chi connectivity index (χ1n) is 10.5. The maximum atomic E-state index is 15.2. The quantitative estimate of drug-likeness (QED) is 0.577. The Balaban J connectivity index is 1.39. The molecule has 1 N–H and O–H groups in total. The molecule has 1 aliphatic heterocycles. The van der Waals surface area contributed by atoms with Crippen LogP contribution in [0.2, 0.25) is 0 Å². The first-order valence-corrected chi connectivity index (χ1v) is 11.3. The molecule has 2 heterocycles. The molecular weight excluding hydrogens is 436 g/mol. The van der Waals surface area contributed by atoms with Gasteiger partial charge in [-0.15, -0.1) is 5.10 Å². The van der Waals surface area contributed by atoms with Gasteiger partial charge in [0.15, 0.2) is 0 Å². The lowest BCUT2D eigenvalue weighted by molar-refractivity contribution is -0.127. The van der Waals surface area contributed by atoms with Crippen LogP contribution in [-0.2, 0) is 16.8 Å². The SMILES string of the molecule is O=C1CC(c2n[nH]c(=O)o2)(c2cc(F)c(CN3CCCC(c4ccccc4)S3)cc2F)C1. The molecule has 1 aliphatic carbocycles. The van der Waals surface area contributed by atoms with Crippen molar-refractivity contribution in [3.8, 4) is 0 Å². The van der Waals surface area contributed by atoms with Gasteiger partial charge in [0.1, 0.15) is 17.4 Å². The number of nitrogens with one attached hydrogen (secondary N) is 1. The molecule has 0 amide bonds. The van der Waals surface area contributed by atoms with Crippen molar-refractivity contribution in [2.45, 2.75) is 42.9 Å². The standard InChI is InChI=1S/C23H21F2N3O3S/c24-18-10-17(23(11-16(29)12-23)21-26-27-22(30)31-21)19(25)9-15(18)13-28-8-4-7-20(32-28)14-5-2-1-3-6-14/h1-3,5-6,9-10,20H,4,7-8,11-13H2,(H,27,30). The van der Waals surface area contributed by atoms with Crippen LogP contribution in [0.3, 0.4) is 0 Å². The lowest BCUT2D eigenvalue weighted by atomic mass is 9.63. The Morgan fingerprint density at radius 1 is 1.16 bits per heavy atom. The minimum atomic E-state index is -1.25. The monoisotopic (exact) mass is 457 g/mol. The van der Waals surface area contributed by atoms with Crippen molar-refractivity contribution >= 4 is 17.7 Å². The van der Waals surface area contributed by atoms with Gasteiger partial charge in [0, 0.05) is 42.3 Å². The van der Waals surface area contributed by atoms with Crippen molar-refractivity contribution in [1.82, 2.24) is 14.5 Å². The van der Waals surface area contributed by atoms with E-state index in [-0.39, 0.29) is 47.4 Å². The Morgan fingerprint density at radius 3 is 2.62 bits per heavy atom. The van der Waals surface area contributed by atoms with Gasteiger partial charge in [-0.05, 0) is 30.5 Å². The zero-order chi connectivity index (χ0) is 22.3. The fraction of sp³-hybridized carbons (Fsp3) is 0.348. The van der Waals surface area contributed by atoms with Crippen LogP contribution >= 0.6 is 11.9 Å². The van der Waals surface area contributed by atoms with Gasteiger partial charge in [-0.25, -0.2) is 23.0 Å². The summed E-state index contributed by atoms with van der Waals surface area (Å²) in [6, 6.07) is 12.5. The van der Waals surface area contributed by atoms with Crippen LogP contribution in [0.25, 0.3) is 0 Å². The minimum absolute atomic E-state index is 0.0120. The van der Waals surface area contributed by atoms with Gasteiger partial charge in [0.05, 0.1) is 5.41 Å². The van der Waals surface area contributed by atoms with E-state index in [1.807, 2.05) is 18.2 Å². The van der Waals surface area contributed by atoms with E-state index in [1.165, 1.54) is 11.6 Å². The van der Waals surface area contributed by atoms with Crippen LogP contribution in [-0.4, -0.2) is 26.8 Å². The number of aromatic amines is 1. The van der Waals surface area contributed by atoms with Gasteiger partial charge < -0.3 is 4.42 Å². The number of nitrogens with zero attached hydrogens (tertiary/aromatic N) is 2. The van der Waals surface area contributed by atoms with Crippen LogP contribution in [0, 0.1) is 11.6 Å². The Bertz CT molecular complexity index is 1200. The minimum Gasteiger partial charge on any atom is -0.391 e. The number of hydrogen-bond acceptors (Lipinski definition) is 6. The van der Waals surface area contributed by atoms with Crippen molar-refractivity contribution in [2.75, 3.05) is 6.54 Å². The third kappa shape index (κ3) is 3.80. The molecule has 1 saturated heterocycles. The molecule has 6 nitrogen and oxygen atoms in total. The van der Waals surface area contributed by atoms with E-state index in [0.717, 1.165) is 25.5 Å². The molecule has 0 bridgehead atoms. The number of hydrogen-bond donors (Lipinski definition) is 1. The number of carbonyl (C=O) groups excluding carboxylic acids is 1. The highest BCUT2D eigenvalue weighted by molar-refractivity contribution is 7.97. The summed E-state index contributed by atoms with van der Waals surface area (Å²) in [7, 11) is 0. The zero-order valence-electron chi connectivity index (χ0n) is 17.1. The fourth-order valence-electron chi connectivity index (χ4n) is 4.53. The highest BCUT2D eigenvalue weighted by Crippen LogP contribution is 2.47. The highest BCUT2D eigenvalue weighted by Gasteiger charge is 2.52. The Kier molecular flexibility index (Phi) is 5.46. The summed E-state index contributed by atoms with van der Waals surface area (Å²) >= 11 is 1.66. The normalized spacial score (nSPS) is 20.8. The summed E-state index contributed by atoms with van der Waals surface area (Å²) in [5.74, 6) is -2.21. The second kappa shape index (κ2) is 8.29. The van der Waals surface area contributed by atoms with Crippen LogP contribution in [0.4, 0.5) is 8.78 Å². The molecule has 1 atom stereocenters. The molecule has 1 unspecified atom stereocenters. The number of halogens is 2. The zero-order valence-corrected chi connectivity index (χ0v) is 18.0. The molecule has 1 saturated carbocycles. The smallest absolute Gasteiger partial charge is 0.391 e. The topological polar surface area (TPSA) is 79.2 Å². The summed E-state index contributed by atoms with van der Waals surface area (Å²) in [4.78, 5) is 23.2. The van der Waals surface area contributed by atoms with Gasteiger partial charge >= 0.3 is 5.76 Å². The summed E-state index contributed by atoms with van der Waals surface area (Å²) < 4.78 is 37.4. The Labute approximate surface area is 187 Å². The first-order chi connectivity index (χ1) is 15.4. The molecule has 1 aromatic heterocycles. The fourth-order valence-corrected chi connectivity index (χ4v) is 5.89. The average molecular weight is 458 g/mol. The second-order valence-electron chi connectivity index (χ2n) is 8.33. The van der Waals surface area contributed by atoms with Crippen LogP contribution in [0.5, 0.6) is 0 Å². The van der Waals surface area contributed by atoms with E-state index in [2.05, 4.69) is 26.6 Å². The van der Waals surface area contributed by atoms with E-state index in [4.69, 9.17) is 4.42 Å². The molecule has 0 spiro atoms. The molecule has 2 aliphatic rings. The van der Waals surface area contributed by atoms with Crippen molar-refractivity contribution in [3.05, 3.63) is 87.2 Å². The predicted molar refractivity (Wildman–Crippen MR) is 115 cm³/mol. The van der Waals surface area contributed by atoms with Gasteiger partial charge in [0.25, 0.3) is 0 Å². The number of aromatic nitrogens is 2. The van der Waals surface area contributed by atoms with E-state index in [1.54, 1.807) is 11.9 Å². The largest absolute Gasteiger partial charge is 0.434 e. The van der Waals surface area contributed by atoms with Crippen molar-refractivity contribution < 1.29 is 18.0 Å². The average Bonchev–Trinajstić information content (AvgIpc) is 3.21. The molecule has 2 aromatic carbocycles. The van der Waals surface area contributed by atoms with Gasteiger partial charge in [0.2, 0.25) is 5.89 Å². The molecule has 0 radical (unpaired) electrons. The van der Waals surface area contributed by atoms with Crippen LogP contribution in [0.1, 0.15) is 53.5 Å². The highest BCUT2D eigenvalue weighted by atomic mass is 32.2. The summed E-state index contributed by atoms with van der Waals surface area (Å²) in [5, 5.41) is 6.20. The molecule has 166 valence electrons. The summed E-state index contributed by atoms with van der Waals surface area (Å²) in [6.07, 6.45) is 1.83. The van der Waals surface area contributed by atoms with Crippen LogP contribution < -0.4 is 5.76 Å². The number of rotatable bonds is 5. The third-order valence-corrected chi connectivity index (χ3v) is 7.54. The maximum Gasteiger partial charge on any atom is 0.434 e. The van der Waals surface area contributed by atoms with Crippen molar-refractivity contribution in [1.29, 1.82) is 0 Å². The Morgan fingerprint density at radius 2 is 1.94 bits per heavy atom. The number of Topliss-reactive ketones (excluding diaryl/α,β-unsaturated/α-hetero) is 1. The molecule has 5 rings (SSSR count).